The molecule has 0 bridgehead atoms. The highest BCUT2D eigenvalue weighted by atomic mass is 19.4. The first kappa shape index (κ1) is 17.5. The van der Waals surface area contributed by atoms with E-state index in [0.29, 0.717) is 5.56 Å². The van der Waals surface area contributed by atoms with Crippen molar-refractivity contribution in [2.45, 2.75) is 6.18 Å². The molecule has 0 radical (unpaired) electrons. The summed E-state index contributed by atoms with van der Waals surface area (Å²) in [5.41, 5.74) is 1.91. The third-order valence-corrected chi connectivity index (χ3v) is 3.52. The summed E-state index contributed by atoms with van der Waals surface area (Å²) < 4.78 is 44.6. The second-order valence-electron chi connectivity index (χ2n) is 5.31. The average Bonchev–Trinajstić information content (AvgIpc) is 3.10. The van der Waals surface area contributed by atoms with E-state index >= 15 is 0 Å². The lowest BCUT2D eigenvalue weighted by molar-refractivity contribution is -0.137. The molecule has 0 atom stereocenters. The van der Waals surface area contributed by atoms with Gasteiger partial charge in [-0.1, -0.05) is 36.4 Å². The number of carbonyl (C=O) groups is 1. The van der Waals surface area contributed by atoms with E-state index in [0.717, 1.165) is 6.07 Å². The molecule has 0 spiro atoms. The number of hydrogen-bond donors (Lipinski definition) is 1. The highest BCUT2D eigenvalue weighted by Gasteiger charge is 2.34. The first-order valence-electron chi connectivity index (χ1n) is 7.60. The van der Waals surface area contributed by atoms with Gasteiger partial charge in [0.25, 0.3) is 5.91 Å². The van der Waals surface area contributed by atoms with Crippen LogP contribution in [0.2, 0.25) is 0 Å². The second kappa shape index (κ2) is 7.26. The Morgan fingerprint density at radius 2 is 1.65 bits per heavy atom. The van der Waals surface area contributed by atoms with Crippen molar-refractivity contribution >= 4 is 12.1 Å². The lowest BCUT2D eigenvalue weighted by Crippen LogP contribution is -2.17. The predicted molar refractivity (Wildman–Crippen MR) is 90.6 cm³/mol. The molecule has 0 saturated carbocycles. The lowest BCUT2D eigenvalue weighted by atomic mass is 10.1. The lowest BCUT2D eigenvalue weighted by Gasteiger charge is -2.10. The number of carbonyl (C=O) groups excluding carboxylic acids is 1. The number of halogens is 3. The minimum Gasteiger partial charge on any atom is -0.455 e. The zero-order chi connectivity index (χ0) is 18.6. The van der Waals surface area contributed by atoms with Crippen molar-refractivity contribution in [1.82, 2.24) is 5.43 Å². The van der Waals surface area contributed by atoms with Gasteiger partial charge in [0, 0.05) is 11.1 Å². The number of rotatable bonds is 4. The van der Waals surface area contributed by atoms with E-state index < -0.39 is 17.6 Å². The number of nitrogens with zero attached hydrogens (tertiary/aromatic N) is 1. The highest BCUT2D eigenvalue weighted by Crippen LogP contribution is 2.37. The molecule has 1 heterocycles. The van der Waals surface area contributed by atoms with E-state index in [1.54, 1.807) is 30.3 Å². The number of alkyl halides is 3. The van der Waals surface area contributed by atoms with Crippen LogP contribution in [0.25, 0.3) is 11.3 Å². The third kappa shape index (κ3) is 4.00. The molecule has 3 aromatic rings. The van der Waals surface area contributed by atoms with Gasteiger partial charge < -0.3 is 4.42 Å². The third-order valence-electron chi connectivity index (χ3n) is 3.52. The van der Waals surface area contributed by atoms with Crippen LogP contribution in [0.15, 0.2) is 76.2 Å². The molecule has 1 aromatic heterocycles. The Bertz CT molecular complexity index is 931. The minimum atomic E-state index is -4.48. The Kier molecular flexibility index (Phi) is 4.88. The van der Waals surface area contributed by atoms with Gasteiger partial charge in [0.1, 0.15) is 11.5 Å². The van der Waals surface area contributed by atoms with Crippen LogP contribution in [0.5, 0.6) is 0 Å². The van der Waals surface area contributed by atoms with Gasteiger partial charge >= 0.3 is 6.18 Å². The van der Waals surface area contributed by atoms with Gasteiger partial charge in [-0.25, -0.2) is 5.43 Å². The topological polar surface area (TPSA) is 54.6 Å². The van der Waals surface area contributed by atoms with Crippen LogP contribution in [0.1, 0.15) is 21.7 Å². The van der Waals surface area contributed by atoms with Crippen molar-refractivity contribution in [3.05, 3.63) is 83.6 Å². The Hall–Kier alpha value is -3.35. The molecule has 2 aromatic carbocycles. The summed E-state index contributed by atoms with van der Waals surface area (Å²) in [6.45, 7) is 0. The quantitative estimate of drug-likeness (QED) is 0.541. The summed E-state index contributed by atoms with van der Waals surface area (Å²) in [5, 5.41) is 3.76. The van der Waals surface area contributed by atoms with E-state index in [1.165, 1.54) is 36.5 Å². The largest absolute Gasteiger partial charge is 0.455 e. The molecule has 0 fully saturated rings. The van der Waals surface area contributed by atoms with E-state index in [2.05, 4.69) is 10.5 Å². The van der Waals surface area contributed by atoms with Crippen molar-refractivity contribution in [2.75, 3.05) is 0 Å². The molecule has 3 rings (SSSR count). The molecule has 0 aliphatic carbocycles. The van der Waals surface area contributed by atoms with Gasteiger partial charge in [0.05, 0.1) is 11.8 Å². The summed E-state index contributed by atoms with van der Waals surface area (Å²) >= 11 is 0. The summed E-state index contributed by atoms with van der Waals surface area (Å²) in [6, 6.07) is 16.5. The molecular formula is C19H13F3N2O2. The predicted octanol–water partition coefficient (Wildman–Crippen LogP) is 4.73. The van der Waals surface area contributed by atoms with Crippen molar-refractivity contribution < 1.29 is 22.4 Å². The Balaban J connectivity index is 1.74. The normalized spacial score (nSPS) is 11.7. The van der Waals surface area contributed by atoms with Crippen LogP contribution >= 0.6 is 0 Å². The highest BCUT2D eigenvalue weighted by molar-refractivity contribution is 5.94. The van der Waals surface area contributed by atoms with Crippen molar-refractivity contribution in [1.29, 1.82) is 0 Å². The molecule has 7 heteroatoms. The molecule has 0 aliphatic heterocycles. The number of hydrazone groups is 1. The molecule has 1 N–H and O–H groups in total. The molecule has 4 nitrogen and oxygen atoms in total. The van der Waals surface area contributed by atoms with Crippen LogP contribution in [-0.2, 0) is 6.18 Å². The fraction of sp³-hybridized carbons (Fsp3) is 0.0526. The SMILES string of the molecule is O=C(N/N=C\c1ccc(-c2ccccc2C(F)(F)F)o1)c1ccccc1. The van der Waals surface area contributed by atoms with Crippen molar-refractivity contribution in [2.24, 2.45) is 5.10 Å². The first-order chi connectivity index (χ1) is 12.4. The summed E-state index contributed by atoms with van der Waals surface area (Å²) in [7, 11) is 0. The number of hydrogen-bond acceptors (Lipinski definition) is 3. The van der Waals surface area contributed by atoms with Gasteiger partial charge in [-0.3, -0.25) is 4.79 Å². The molecular weight excluding hydrogens is 345 g/mol. The monoisotopic (exact) mass is 358 g/mol. The molecule has 132 valence electrons. The zero-order valence-corrected chi connectivity index (χ0v) is 13.3. The first-order valence-corrected chi connectivity index (χ1v) is 7.60. The van der Waals surface area contributed by atoms with Crippen LogP contribution < -0.4 is 5.43 Å². The fourth-order valence-electron chi connectivity index (χ4n) is 2.32. The van der Waals surface area contributed by atoms with E-state index in [9.17, 15) is 18.0 Å². The molecule has 1 amide bonds. The smallest absolute Gasteiger partial charge is 0.417 e. The fourth-order valence-corrected chi connectivity index (χ4v) is 2.32. The summed E-state index contributed by atoms with van der Waals surface area (Å²) in [5.74, 6) is -0.129. The van der Waals surface area contributed by atoms with Gasteiger partial charge in [-0.05, 0) is 30.3 Å². The van der Waals surface area contributed by atoms with E-state index in [1.807, 2.05) is 0 Å². The summed E-state index contributed by atoms with van der Waals surface area (Å²) in [4.78, 5) is 11.8. The Labute approximate surface area is 147 Å². The van der Waals surface area contributed by atoms with E-state index in [4.69, 9.17) is 4.42 Å². The van der Waals surface area contributed by atoms with Crippen LogP contribution in [0.4, 0.5) is 13.2 Å². The standard InChI is InChI=1S/C19H13F3N2O2/c20-19(21,22)16-9-5-4-8-15(16)17-11-10-14(26-17)12-23-24-18(25)13-6-2-1-3-7-13/h1-12H,(H,24,25)/b23-12-. The Morgan fingerprint density at radius 1 is 0.962 bits per heavy atom. The number of benzene rings is 2. The van der Waals surface area contributed by atoms with Gasteiger partial charge in [-0.15, -0.1) is 0 Å². The molecule has 0 saturated heterocycles. The van der Waals surface area contributed by atoms with Crippen LogP contribution in [0, 0.1) is 0 Å². The molecule has 0 aliphatic rings. The van der Waals surface area contributed by atoms with Gasteiger partial charge in [-0.2, -0.15) is 18.3 Å². The van der Waals surface area contributed by atoms with Gasteiger partial charge in [0.15, 0.2) is 0 Å². The van der Waals surface area contributed by atoms with Gasteiger partial charge in [0.2, 0.25) is 0 Å². The van der Waals surface area contributed by atoms with Crippen molar-refractivity contribution in [3.8, 4) is 11.3 Å². The number of amides is 1. The number of nitrogens with one attached hydrogen (secondary N) is 1. The minimum absolute atomic E-state index is 0.0621. The van der Waals surface area contributed by atoms with E-state index in [-0.39, 0.29) is 17.1 Å². The maximum Gasteiger partial charge on any atom is 0.417 e. The maximum absolute atomic E-state index is 13.1. The van der Waals surface area contributed by atoms with Crippen LogP contribution in [-0.4, -0.2) is 12.1 Å². The maximum atomic E-state index is 13.1. The Morgan fingerprint density at radius 3 is 2.38 bits per heavy atom. The van der Waals surface area contributed by atoms with Crippen LogP contribution in [0.3, 0.4) is 0 Å². The second-order valence-corrected chi connectivity index (χ2v) is 5.31. The summed E-state index contributed by atoms with van der Waals surface area (Å²) in [6.07, 6.45) is -3.26. The number of furan rings is 1. The molecule has 26 heavy (non-hydrogen) atoms. The zero-order valence-electron chi connectivity index (χ0n) is 13.3. The van der Waals surface area contributed by atoms with Crippen molar-refractivity contribution in [3.63, 3.8) is 0 Å². The average molecular weight is 358 g/mol. The molecule has 0 unspecified atom stereocenters.